The highest BCUT2D eigenvalue weighted by Gasteiger charge is 2.32. The lowest BCUT2D eigenvalue weighted by Crippen LogP contribution is -2.33. The topological polar surface area (TPSA) is 53.4 Å². The Hall–Kier alpha value is -0.785. The van der Waals surface area contributed by atoms with Gasteiger partial charge in [-0.3, -0.25) is 0 Å². The maximum absolute atomic E-state index is 12.2. The molecule has 0 aromatic carbocycles. The van der Waals surface area contributed by atoms with Crippen LogP contribution in [0.1, 0.15) is 5.56 Å². The molecule has 0 atom stereocenters. The summed E-state index contributed by atoms with van der Waals surface area (Å²) in [5.74, 6) is 0. The van der Waals surface area contributed by atoms with Gasteiger partial charge in [-0.1, -0.05) is 11.6 Å². The van der Waals surface area contributed by atoms with E-state index in [1.165, 1.54) is 0 Å². The van der Waals surface area contributed by atoms with Crippen molar-refractivity contribution in [1.82, 2.24) is 4.98 Å². The molecule has 1 aromatic heterocycles. The SMILES string of the molecule is OB(O)c1cc(C(F)(F)F)cc(Cl)n1. The Bertz CT molecular complexity index is 344. The normalized spacial score (nSPS) is 11.6. The molecule has 0 radical (unpaired) electrons. The van der Waals surface area contributed by atoms with Crippen LogP contribution in [0.5, 0.6) is 0 Å². The third-order valence-corrected chi connectivity index (χ3v) is 1.60. The minimum absolute atomic E-state index is 0.442. The van der Waals surface area contributed by atoms with E-state index in [1.54, 1.807) is 0 Å². The molecule has 0 aliphatic rings. The van der Waals surface area contributed by atoms with E-state index in [1.807, 2.05) is 0 Å². The average molecular weight is 225 g/mol. The summed E-state index contributed by atoms with van der Waals surface area (Å²) in [4.78, 5) is 3.31. The van der Waals surface area contributed by atoms with E-state index in [-0.39, 0.29) is 0 Å². The van der Waals surface area contributed by atoms with Gasteiger partial charge in [-0.2, -0.15) is 13.2 Å². The third kappa shape index (κ3) is 2.60. The third-order valence-electron chi connectivity index (χ3n) is 1.41. The van der Waals surface area contributed by atoms with Gasteiger partial charge in [0.05, 0.1) is 11.2 Å². The molecule has 2 N–H and O–H groups in total. The zero-order valence-electron chi connectivity index (χ0n) is 6.59. The first-order valence-electron chi connectivity index (χ1n) is 3.41. The van der Waals surface area contributed by atoms with Gasteiger partial charge in [0.25, 0.3) is 0 Å². The summed E-state index contributed by atoms with van der Waals surface area (Å²) in [7, 11) is -2.07. The maximum atomic E-state index is 12.2. The number of pyridine rings is 1. The highest BCUT2D eigenvalue weighted by Crippen LogP contribution is 2.29. The zero-order chi connectivity index (χ0) is 10.9. The van der Waals surface area contributed by atoms with Crippen LogP contribution >= 0.6 is 11.6 Å². The molecule has 1 heterocycles. The Morgan fingerprint density at radius 1 is 1.29 bits per heavy atom. The minimum Gasteiger partial charge on any atom is -0.422 e. The lowest BCUT2D eigenvalue weighted by Gasteiger charge is -2.08. The molecule has 0 saturated heterocycles. The lowest BCUT2D eigenvalue weighted by atomic mass is 9.85. The van der Waals surface area contributed by atoms with Gasteiger partial charge in [-0.15, -0.1) is 0 Å². The zero-order valence-corrected chi connectivity index (χ0v) is 7.34. The first-order chi connectivity index (χ1) is 6.30. The number of alkyl halides is 3. The lowest BCUT2D eigenvalue weighted by molar-refractivity contribution is -0.137. The number of nitrogens with zero attached hydrogens (tertiary/aromatic N) is 1. The van der Waals surface area contributed by atoms with Crippen LogP contribution in [0.25, 0.3) is 0 Å². The Morgan fingerprint density at radius 3 is 2.29 bits per heavy atom. The molecule has 14 heavy (non-hydrogen) atoms. The van der Waals surface area contributed by atoms with E-state index < -0.39 is 29.6 Å². The summed E-state index contributed by atoms with van der Waals surface area (Å²) in [5, 5.41) is 16.8. The number of aromatic nitrogens is 1. The largest absolute Gasteiger partial charge is 0.508 e. The van der Waals surface area contributed by atoms with Crippen molar-refractivity contribution < 1.29 is 23.2 Å². The van der Waals surface area contributed by atoms with Crippen molar-refractivity contribution in [2.45, 2.75) is 6.18 Å². The van der Waals surface area contributed by atoms with E-state index in [4.69, 9.17) is 21.6 Å². The number of hydrogen-bond donors (Lipinski definition) is 2. The summed E-state index contributed by atoms with van der Waals surface area (Å²) in [6.45, 7) is 0. The highest BCUT2D eigenvalue weighted by molar-refractivity contribution is 6.57. The van der Waals surface area contributed by atoms with E-state index in [0.717, 1.165) is 0 Å². The Balaban J connectivity index is 3.21. The van der Waals surface area contributed by atoms with Crippen LogP contribution in [0.4, 0.5) is 13.2 Å². The van der Waals surface area contributed by atoms with Crippen LogP contribution in [-0.4, -0.2) is 22.2 Å². The van der Waals surface area contributed by atoms with Gasteiger partial charge >= 0.3 is 13.3 Å². The molecule has 1 aromatic rings. The van der Waals surface area contributed by atoms with Crippen molar-refractivity contribution in [2.24, 2.45) is 0 Å². The number of rotatable bonds is 1. The molecule has 0 bridgehead atoms. The van der Waals surface area contributed by atoms with Crippen LogP contribution in [-0.2, 0) is 6.18 Å². The van der Waals surface area contributed by atoms with Gasteiger partial charge in [-0.25, -0.2) is 4.98 Å². The maximum Gasteiger partial charge on any atom is 0.508 e. The molecule has 0 unspecified atom stereocenters. The van der Waals surface area contributed by atoms with Crippen molar-refractivity contribution in [3.05, 3.63) is 22.8 Å². The molecule has 0 aliphatic carbocycles. The number of hydrogen-bond acceptors (Lipinski definition) is 3. The monoisotopic (exact) mass is 225 g/mol. The summed E-state index contributed by atoms with van der Waals surface area (Å²) < 4.78 is 36.5. The van der Waals surface area contributed by atoms with E-state index in [2.05, 4.69) is 4.98 Å². The van der Waals surface area contributed by atoms with Crippen LogP contribution in [0, 0.1) is 0 Å². The Morgan fingerprint density at radius 2 is 1.86 bits per heavy atom. The molecule has 0 saturated carbocycles. The minimum atomic E-state index is -4.59. The fourth-order valence-electron chi connectivity index (χ4n) is 0.813. The van der Waals surface area contributed by atoms with Gasteiger partial charge in [0, 0.05) is 0 Å². The fraction of sp³-hybridized carbons (Fsp3) is 0.167. The molecule has 76 valence electrons. The molecule has 0 amide bonds. The van der Waals surface area contributed by atoms with Gasteiger partial charge < -0.3 is 10.0 Å². The van der Waals surface area contributed by atoms with Gasteiger partial charge in [0.2, 0.25) is 0 Å². The second kappa shape index (κ2) is 3.76. The summed E-state index contributed by atoms with van der Waals surface area (Å²) in [5.41, 5.74) is -1.61. The molecule has 0 spiro atoms. The predicted molar refractivity (Wildman–Crippen MR) is 44.1 cm³/mol. The molecule has 0 aliphatic heterocycles. The van der Waals surface area contributed by atoms with E-state index >= 15 is 0 Å². The first kappa shape index (κ1) is 11.3. The molecule has 1 rings (SSSR count). The average Bonchev–Trinajstić information content (AvgIpc) is 2.01. The summed E-state index contributed by atoms with van der Waals surface area (Å²) in [6.07, 6.45) is -4.59. The molecular formula is C6H4BClF3NO2. The van der Waals surface area contributed by atoms with Crippen molar-refractivity contribution >= 4 is 24.3 Å². The van der Waals surface area contributed by atoms with Crippen molar-refractivity contribution in [2.75, 3.05) is 0 Å². The predicted octanol–water partition coefficient (Wildman–Crippen LogP) is 0.434. The van der Waals surface area contributed by atoms with Crippen molar-refractivity contribution in [3.8, 4) is 0 Å². The molecule has 0 fully saturated rings. The van der Waals surface area contributed by atoms with Crippen LogP contribution < -0.4 is 5.59 Å². The standard InChI is InChI=1S/C6H4BClF3NO2/c8-5-2-3(6(9,10)11)1-4(12-5)7(13)14/h1-2,13-14H. The van der Waals surface area contributed by atoms with Crippen molar-refractivity contribution in [1.29, 1.82) is 0 Å². The quantitative estimate of drug-likeness (QED) is 0.538. The molecule has 3 nitrogen and oxygen atoms in total. The van der Waals surface area contributed by atoms with Gasteiger partial charge in [-0.05, 0) is 12.1 Å². The van der Waals surface area contributed by atoms with Crippen LogP contribution in [0.2, 0.25) is 5.15 Å². The summed E-state index contributed by atoms with van der Waals surface area (Å²) >= 11 is 5.27. The molecule has 8 heteroatoms. The second-order valence-electron chi connectivity index (χ2n) is 2.47. The van der Waals surface area contributed by atoms with E-state index in [0.29, 0.717) is 12.1 Å². The van der Waals surface area contributed by atoms with Gasteiger partial charge in [0.15, 0.2) is 0 Å². The first-order valence-corrected chi connectivity index (χ1v) is 3.79. The smallest absolute Gasteiger partial charge is 0.422 e. The summed E-state index contributed by atoms with van der Waals surface area (Å²) in [6, 6.07) is 1.13. The Labute approximate surface area is 82.3 Å². The second-order valence-corrected chi connectivity index (χ2v) is 2.86. The Kier molecular flexibility index (Phi) is 3.03. The number of halogens is 4. The fourth-order valence-corrected chi connectivity index (χ4v) is 1.03. The van der Waals surface area contributed by atoms with Crippen LogP contribution in [0.3, 0.4) is 0 Å². The highest BCUT2D eigenvalue weighted by atomic mass is 35.5. The molecular weight excluding hydrogens is 221 g/mol. The van der Waals surface area contributed by atoms with Crippen LogP contribution in [0.15, 0.2) is 12.1 Å². The van der Waals surface area contributed by atoms with E-state index in [9.17, 15) is 13.2 Å². The van der Waals surface area contributed by atoms with Crippen molar-refractivity contribution in [3.63, 3.8) is 0 Å². The van der Waals surface area contributed by atoms with Gasteiger partial charge in [0.1, 0.15) is 5.15 Å².